The van der Waals surface area contributed by atoms with Gasteiger partial charge in [0.05, 0.1) is 31.9 Å². The Kier molecular flexibility index (Phi) is 4.07. The summed E-state index contributed by atoms with van der Waals surface area (Å²) in [6.07, 6.45) is 5.41. The molecular formula is C21H20NO4-. The summed E-state index contributed by atoms with van der Waals surface area (Å²) >= 11 is 0. The van der Waals surface area contributed by atoms with Crippen LogP contribution in [-0.2, 0) is 0 Å². The lowest BCUT2D eigenvalue weighted by atomic mass is 9.76. The first-order valence-corrected chi connectivity index (χ1v) is 8.62. The average molecular weight is 350 g/mol. The SMILES string of the molecule is COc1cc(OC)c2c(c1)[C@H]1C=CC[C@H]1[C@H](c1ccc(C(=O)[O-])cc1)N2. The molecule has 0 spiro atoms. The van der Waals surface area contributed by atoms with E-state index in [2.05, 4.69) is 23.5 Å². The minimum Gasteiger partial charge on any atom is -0.545 e. The predicted octanol–water partition coefficient (Wildman–Crippen LogP) is 2.89. The van der Waals surface area contributed by atoms with Crippen molar-refractivity contribution in [2.24, 2.45) is 5.92 Å². The molecule has 2 aromatic carbocycles. The number of benzene rings is 2. The fraction of sp³-hybridized carbons (Fsp3) is 0.286. The first-order chi connectivity index (χ1) is 12.6. The monoisotopic (exact) mass is 350 g/mol. The lowest BCUT2D eigenvalue weighted by Crippen LogP contribution is -2.29. The summed E-state index contributed by atoms with van der Waals surface area (Å²) in [4.78, 5) is 11.0. The number of rotatable bonds is 4. The van der Waals surface area contributed by atoms with Crippen molar-refractivity contribution in [3.63, 3.8) is 0 Å². The van der Waals surface area contributed by atoms with Crippen molar-refractivity contribution >= 4 is 11.7 Å². The standard InChI is InChI=1S/C21H21NO4/c1-25-14-10-17-15-4-3-5-16(15)19(22-20(17)18(11-14)26-2)12-6-8-13(9-7-12)21(23)24/h3-4,6-11,15-16,19,22H,5H2,1-2H3,(H,23,24)/p-1/t15-,16+,19-/m0/s1. The van der Waals surface area contributed by atoms with E-state index in [1.54, 1.807) is 26.4 Å². The van der Waals surface area contributed by atoms with E-state index < -0.39 is 5.97 Å². The van der Waals surface area contributed by atoms with Gasteiger partial charge in [0.2, 0.25) is 0 Å². The van der Waals surface area contributed by atoms with Crippen molar-refractivity contribution in [2.45, 2.75) is 18.4 Å². The van der Waals surface area contributed by atoms with Crippen molar-refractivity contribution in [1.82, 2.24) is 0 Å². The van der Waals surface area contributed by atoms with E-state index in [4.69, 9.17) is 9.47 Å². The summed E-state index contributed by atoms with van der Waals surface area (Å²) in [7, 11) is 3.30. The van der Waals surface area contributed by atoms with Crippen molar-refractivity contribution in [1.29, 1.82) is 0 Å². The van der Waals surface area contributed by atoms with Crippen LogP contribution in [0.25, 0.3) is 0 Å². The molecule has 1 heterocycles. The highest BCUT2D eigenvalue weighted by Crippen LogP contribution is 2.53. The third-order valence-corrected chi connectivity index (χ3v) is 5.37. The van der Waals surface area contributed by atoms with E-state index in [1.807, 2.05) is 18.2 Å². The molecule has 5 nitrogen and oxygen atoms in total. The molecule has 5 heteroatoms. The zero-order valence-electron chi connectivity index (χ0n) is 14.7. The maximum absolute atomic E-state index is 11.0. The second-order valence-electron chi connectivity index (χ2n) is 6.68. The summed E-state index contributed by atoms with van der Waals surface area (Å²) in [5.74, 6) is 0.981. The first kappa shape index (κ1) is 16.5. The maximum atomic E-state index is 11.0. The van der Waals surface area contributed by atoms with Crippen LogP contribution in [0, 0.1) is 5.92 Å². The molecule has 134 valence electrons. The molecule has 26 heavy (non-hydrogen) atoms. The lowest BCUT2D eigenvalue weighted by molar-refractivity contribution is -0.255. The van der Waals surface area contributed by atoms with Gasteiger partial charge in [-0.2, -0.15) is 0 Å². The Morgan fingerprint density at radius 3 is 2.58 bits per heavy atom. The van der Waals surface area contributed by atoms with Crippen LogP contribution in [0.1, 0.15) is 39.9 Å². The van der Waals surface area contributed by atoms with Gasteiger partial charge in [0, 0.05) is 12.0 Å². The highest BCUT2D eigenvalue weighted by molar-refractivity contribution is 5.85. The minimum atomic E-state index is -1.16. The molecule has 1 aliphatic heterocycles. The molecule has 4 rings (SSSR count). The lowest BCUT2D eigenvalue weighted by Gasteiger charge is -2.38. The summed E-state index contributed by atoms with van der Waals surface area (Å²) in [6, 6.07) is 10.9. The van der Waals surface area contributed by atoms with Gasteiger partial charge in [0.1, 0.15) is 11.5 Å². The van der Waals surface area contributed by atoms with Gasteiger partial charge in [-0.25, -0.2) is 0 Å². The Bertz CT molecular complexity index is 872. The highest BCUT2D eigenvalue weighted by Gasteiger charge is 2.39. The number of methoxy groups -OCH3 is 2. The van der Waals surface area contributed by atoms with Crippen LogP contribution in [-0.4, -0.2) is 20.2 Å². The van der Waals surface area contributed by atoms with Gasteiger partial charge in [-0.1, -0.05) is 36.4 Å². The zero-order chi connectivity index (χ0) is 18.3. The van der Waals surface area contributed by atoms with E-state index in [1.165, 1.54) is 5.56 Å². The molecule has 3 atom stereocenters. The Hall–Kier alpha value is -2.95. The van der Waals surface area contributed by atoms with Gasteiger partial charge in [-0.3, -0.25) is 0 Å². The summed E-state index contributed by atoms with van der Waals surface area (Å²) in [5.41, 5.74) is 3.38. The van der Waals surface area contributed by atoms with Gasteiger partial charge < -0.3 is 24.7 Å². The Morgan fingerprint density at radius 1 is 1.15 bits per heavy atom. The number of aromatic carboxylic acids is 1. The molecule has 0 aromatic heterocycles. The van der Waals surface area contributed by atoms with E-state index >= 15 is 0 Å². The number of fused-ring (bicyclic) bond motifs is 3. The number of carboxylic acid groups (broad SMARTS) is 1. The van der Waals surface area contributed by atoms with Crippen molar-refractivity contribution in [3.8, 4) is 11.5 Å². The Balaban J connectivity index is 1.77. The van der Waals surface area contributed by atoms with Crippen molar-refractivity contribution < 1.29 is 19.4 Å². The third-order valence-electron chi connectivity index (χ3n) is 5.37. The summed E-state index contributed by atoms with van der Waals surface area (Å²) in [6.45, 7) is 0. The Labute approximate surface area is 152 Å². The first-order valence-electron chi connectivity index (χ1n) is 8.62. The fourth-order valence-electron chi connectivity index (χ4n) is 4.08. The number of hydrogen-bond donors (Lipinski definition) is 1. The molecule has 1 N–H and O–H groups in total. The normalized spacial score (nSPS) is 22.9. The van der Waals surface area contributed by atoms with Crippen LogP contribution in [0.4, 0.5) is 5.69 Å². The topological polar surface area (TPSA) is 70.6 Å². The Morgan fingerprint density at radius 2 is 1.92 bits per heavy atom. The second-order valence-corrected chi connectivity index (χ2v) is 6.68. The number of carbonyl (C=O) groups excluding carboxylic acids is 1. The molecule has 0 saturated carbocycles. The van der Waals surface area contributed by atoms with Crippen LogP contribution in [0.5, 0.6) is 11.5 Å². The van der Waals surface area contributed by atoms with Crippen LogP contribution in [0.2, 0.25) is 0 Å². The molecule has 0 bridgehead atoms. The number of nitrogens with one attached hydrogen (secondary N) is 1. The molecule has 2 aromatic rings. The van der Waals surface area contributed by atoms with Crippen LogP contribution in [0.3, 0.4) is 0 Å². The number of allylic oxidation sites excluding steroid dienone is 2. The smallest absolute Gasteiger partial charge is 0.145 e. The van der Waals surface area contributed by atoms with Gasteiger partial charge in [-0.15, -0.1) is 0 Å². The van der Waals surface area contributed by atoms with Crippen LogP contribution < -0.4 is 19.9 Å². The molecule has 0 unspecified atom stereocenters. The summed E-state index contributed by atoms with van der Waals surface area (Å²) < 4.78 is 11.0. The van der Waals surface area contributed by atoms with Gasteiger partial charge in [0.25, 0.3) is 0 Å². The fourth-order valence-corrected chi connectivity index (χ4v) is 4.08. The van der Waals surface area contributed by atoms with Crippen molar-refractivity contribution in [3.05, 3.63) is 65.2 Å². The molecule has 0 fully saturated rings. The molecule has 1 aliphatic carbocycles. The second kappa shape index (κ2) is 6.41. The van der Waals surface area contributed by atoms with E-state index in [9.17, 15) is 9.90 Å². The van der Waals surface area contributed by atoms with Crippen molar-refractivity contribution in [2.75, 3.05) is 19.5 Å². The minimum absolute atomic E-state index is 0.0700. The highest BCUT2D eigenvalue weighted by atomic mass is 16.5. The van der Waals surface area contributed by atoms with E-state index in [0.29, 0.717) is 5.92 Å². The molecule has 0 saturated heterocycles. The van der Waals surface area contributed by atoms with E-state index in [0.717, 1.165) is 29.2 Å². The number of carboxylic acids is 1. The number of carbonyl (C=O) groups is 1. The number of anilines is 1. The van der Waals surface area contributed by atoms with Crippen LogP contribution in [0.15, 0.2) is 48.6 Å². The van der Waals surface area contributed by atoms with Gasteiger partial charge >= 0.3 is 0 Å². The molecule has 0 radical (unpaired) electrons. The van der Waals surface area contributed by atoms with E-state index in [-0.39, 0.29) is 17.5 Å². The summed E-state index contributed by atoms with van der Waals surface area (Å²) in [5, 5.41) is 14.6. The number of ether oxygens (including phenoxy) is 2. The molecular weight excluding hydrogens is 330 g/mol. The zero-order valence-corrected chi connectivity index (χ0v) is 14.7. The predicted molar refractivity (Wildman–Crippen MR) is 96.7 cm³/mol. The average Bonchev–Trinajstić information content (AvgIpc) is 3.16. The quantitative estimate of drug-likeness (QED) is 0.859. The number of hydrogen-bond acceptors (Lipinski definition) is 5. The van der Waals surface area contributed by atoms with Gasteiger partial charge in [-0.05, 0) is 35.1 Å². The third kappa shape index (κ3) is 2.60. The maximum Gasteiger partial charge on any atom is 0.145 e. The van der Waals surface area contributed by atoms with Crippen LogP contribution >= 0.6 is 0 Å². The molecule has 0 amide bonds. The largest absolute Gasteiger partial charge is 0.545 e. The van der Waals surface area contributed by atoms with Gasteiger partial charge in [0.15, 0.2) is 0 Å². The molecule has 2 aliphatic rings.